The third-order valence-corrected chi connectivity index (χ3v) is 6.52. The predicted molar refractivity (Wildman–Crippen MR) is 100 cm³/mol. The van der Waals surface area contributed by atoms with Crippen LogP contribution in [0.3, 0.4) is 0 Å². The van der Waals surface area contributed by atoms with Crippen molar-refractivity contribution in [3.05, 3.63) is 24.3 Å². The minimum Gasteiger partial charge on any atom is -0.393 e. The molecule has 0 radical (unpaired) electrons. The highest BCUT2D eigenvalue weighted by Gasteiger charge is 2.68. The predicted octanol–water partition coefficient (Wildman–Crippen LogP) is 6.19. The Kier molecular flexibility index (Phi) is 8.45. The van der Waals surface area contributed by atoms with Gasteiger partial charge in [0.1, 0.15) is 0 Å². The molecule has 0 saturated heterocycles. The molecule has 2 unspecified atom stereocenters. The summed E-state index contributed by atoms with van der Waals surface area (Å²) < 4.78 is 75.8. The second-order valence-corrected chi connectivity index (χ2v) is 8.12. The van der Waals surface area contributed by atoms with Crippen molar-refractivity contribution in [2.45, 2.75) is 83.9 Å². The number of rotatable bonds is 4. The van der Waals surface area contributed by atoms with E-state index in [-0.39, 0.29) is 35.3 Å². The maximum atomic E-state index is 12.6. The quantitative estimate of drug-likeness (QED) is 0.412. The van der Waals surface area contributed by atoms with Gasteiger partial charge in [0, 0.05) is 0 Å². The van der Waals surface area contributed by atoms with Crippen molar-refractivity contribution < 1.29 is 36.6 Å². The van der Waals surface area contributed by atoms with Gasteiger partial charge in [0.05, 0.1) is 6.10 Å². The van der Waals surface area contributed by atoms with Gasteiger partial charge in [-0.3, -0.25) is 0 Å². The summed E-state index contributed by atoms with van der Waals surface area (Å²) in [5.41, 5.74) is -4.95. The van der Waals surface area contributed by atoms with E-state index < -0.39 is 18.0 Å². The SMILES string of the molecule is CC.CC(/C=C/C=CC(O)(C(F)(F)F)C(F)(F)F)C1CC[C@H]2[C@@H](O)CCC[C@]12C. The van der Waals surface area contributed by atoms with E-state index in [2.05, 4.69) is 6.92 Å². The first-order valence-corrected chi connectivity index (χ1v) is 10.1. The molecule has 2 saturated carbocycles. The second kappa shape index (κ2) is 9.41. The minimum atomic E-state index is -5.86. The molecule has 0 aromatic carbocycles. The summed E-state index contributed by atoms with van der Waals surface area (Å²) in [4.78, 5) is 0. The van der Waals surface area contributed by atoms with Crippen molar-refractivity contribution in [2.75, 3.05) is 0 Å². The standard InChI is InChI=1S/C19H26F6O2.C2H6/c1-12(13-8-9-14-15(26)7-5-10-16(13,14)2)6-3-4-11-17(27,18(20,21)22)19(23,24)25;1-2/h3-4,6,11-15,26-27H,5,7-10H2,1-2H3;1-2H3/b6-3+,11-4?;/t12?,13?,14-,15-,16+;/m0./s1. The van der Waals surface area contributed by atoms with E-state index in [0.717, 1.165) is 38.2 Å². The van der Waals surface area contributed by atoms with Crippen LogP contribution < -0.4 is 0 Å². The number of aliphatic hydroxyl groups is 2. The number of fused-ring (bicyclic) bond motifs is 1. The van der Waals surface area contributed by atoms with Gasteiger partial charge in [-0.05, 0) is 54.9 Å². The zero-order chi connectivity index (χ0) is 22.7. The summed E-state index contributed by atoms with van der Waals surface area (Å²) in [5.74, 6) is 0.314. The third-order valence-electron chi connectivity index (χ3n) is 6.52. The van der Waals surface area contributed by atoms with Crippen LogP contribution in [0.5, 0.6) is 0 Å². The van der Waals surface area contributed by atoms with Crippen molar-refractivity contribution >= 4 is 0 Å². The molecule has 5 atom stereocenters. The Hall–Kier alpha value is -1.02. The largest absolute Gasteiger partial charge is 0.430 e. The first-order valence-electron chi connectivity index (χ1n) is 10.1. The molecule has 0 aromatic rings. The van der Waals surface area contributed by atoms with Gasteiger partial charge in [0.15, 0.2) is 0 Å². The molecule has 0 aromatic heterocycles. The molecule has 2 fully saturated rings. The maximum absolute atomic E-state index is 12.6. The Morgan fingerprint density at radius 1 is 0.966 bits per heavy atom. The molecular weight excluding hydrogens is 398 g/mol. The highest BCUT2D eigenvalue weighted by Crippen LogP contribution is 2.57. The first-order chi connectivity index (χ1) is 13.2. The number of aliphatic hydroxyl groups excluding tert-OH is 1. The lowest BCUT2D eigenvalue weighted by Gasteiger charge is -2.44. The molecule has 0 bridgehead atoms. The Morgan fingerprint density at radius 3 is 2.03 bits per heavy atom. The average Bonchev–Trinajstić information content (AvgIpc) is 2.96. The van der Waals surface area contributed by atoms with Gasteiger partial charge in [-0.2, -0.15) is 26.3 Å². The second-order valence-electron chi connectivity index (χ2n) is 8.12. The lowest BCUT2D eigenvalue weighted by Crippen LogP contribution is -2.55. The summed E-state index contributed by atoms with van der Waals surface area (Å²) in [7, 11) is 0. The molecule has 29 heavy (non-hydrogen) atoms. The Morgan fingerprint density at radius 2 is 1.52 bits per heavy atom. The number of alkyl halides is 6. The lowest BCUT2D eigenvalue weighted by atomic mass is 9.62. The van der Waals surface area contributed by atoms with Gasteiger partial charge in [-0.1, -0.05) is 52.3 Å². The number of hydrogen-bond acceptors (Lipinski definition) is 2. The number of hydrogen-bond donors (Lipinski definition) is 2. The van der Waals surface area contributed by atoms with Gasteiger partial charge in [-0.15, -0.1) is 0 Å². The van der Waals surface area contributed by atoms with Crippen molar-refractivity contribution in [3.63, 3.8) is 0 Å². The van der Waals surface area contributed by atoms with Gasteiger partial charge < -0.3 is 10.2 Å². The summed E-state index contributed by atoms with van der Waals surface area (Å²) in [6.07, 6.45) is -4.65. The molecule has 0 aliphatic heterocycles. The minimum absolute atomic E-state index is 0.0696. The Labute approximate surface area is 168 Å². The van der Waals surface area contributed by atoms with E-state index >= 15 is 0 Å². The molecule has 2 rings (SSSR count). The van der Waals surface area contributed by atoms with Gasteiger partial charge in [0.2, 0.25) is 0 Å². The normalized spacial score (nSPS) is 32.2. The molecule has 0 spiro atoms. The molecule has 8 heteroatoms. The number of halogens is 6. The average molecular weight is 430 g/mol. The smallest absolute Gasteiger partial charge is 0.393 e. The fraction of sp³-hybridized carbons (Fsp3) is 0.810. The molecular formula is C21H32F6O2. The maximum Gasteiger partial charge on any atom is 0.430 e. The van der Waals surface area contributed by atoms with E-state index in [1.807, 2.05) is 20.8 Å². The third kappa shape index (κ3) is 5.19. The highest BCUT2D eigenvalue weighted by molar-refractivity contribution is 5.17. The van der Waals surface area contributed by atoms with E-state index in [0.29, 0.717) is 6.08 Å². The van der Waals surface area contributed by atoms with Crippen LogP contribution in [0.25, 0.3) is 0 Å². The number of allylic oxidation sites excluding steroid dienone is 3. The van der Waals surface area contributed by atoms with Crippen LogP contribution in [-0.2, 0) is 0 Å². The highest BCUT2D eigenvalue weighted by atomic mass is 19.4. The Balaban J connectivity index is 0.00000204. The van der Waals surface area contributed by atoms with E-state index in [1.54, 1.807) is 6.08 Å². The molecule has 2 aliphatic rings. The molecule has 0 heterocycles. The summed E-state index contributed by atoms with van der Waals surface area (Å²) in [6.45, 7) is 7.99. The molecule has 0 amide bonds. The van der Waals surface area contributed by atoms with Crippen molar-refractivity contribution in [1.29, 1.82) is 0 Å². The first kappa shape index (κ1) is 26.0. The lowest BCUT2D eigenvalue weighted by molar-refractivity contribution is -0.347. The van der Waals surface area contributed by atoms with Crippen LogP contribution in [0.2, 0.25) is 0 Å². The van der Waals surface area contributed by atoms with E-state index in [9.17, 15) is 31.4 Å². The molecule has 170 valence electrons. The fourth-order valence-corrected chi connectivity index (χ4v) is 4.97. The molecule has 2 N–H and O–H groups in total. The Bertz CT molecular complexity index is 567. The van der Waals surface area contributed by atoms with Crippen molar-refractivity contribution in [2.24, 2.45) is 23.2 Å². The van der Waals surface area contributed by atoms with Crippen LogP contribution in [0.1, 0.15) is 59.8 Å². The van der Waals surface area contributed by atoms with Crippen molar-refractivity contribution in [3.8, 4) is 0 Å². The van der Waals surface area contributed by atoms with Gasteiger partial charge >= 0.3 is 12.4 Å². The monoisotopic (exact) mass is 430 g/mol. The van der Waals surface area contributed by atoms with E-state index in [1.165, 1.54) is 0 Å². The van der Waals surface area contributed by atoms with Crippen LogP contribution in [0.4, 0.5) is 26.3 Å². The molecule has 2 aliphatic carbocycles. The summed E-state index contributed by atoms with van der Waals surface area (Å²) in [6, 6.07) is 0. The zero-order valence-corrected chi connectivity index (χ0v) is 17.3. The zero-order valence-electron chi connectivity index (χ0n) is 17.3. The molecule has 2 nitrogen and oxygen atoms in total. The topological polar surface area (TPSA) is 40.5 Å². The van der Waals surface area contributed by atoms with E-state index in [4.69, 9.17) is 5.11 Å². The fourth-order valence-electron chi connectivity index (χ4n) is 4.97. The van der Waals surface area contributed by atoms with Crippen molar-refractivity contribution in [1.82, 2.24) is 0 Å². The van der Waals surface area contributed by atoms with Crippen LogP contribution >= 0.6 is 0 Å². The van der Waals surface area contributed by atoms with Crippen LogP contribution in [-0.4, -0.2) is 34.3 Å². The van der Waals surface area contributed by atoms with Crippen LogP contribution in [0, 0.1) is 23.2 Å². The summed E-state index contributed by atoms with van der Waals surface area (Å²) >= 11 is 0. The van der Waals surface area contributed by atoms with Gasteiger partial charge in [-0.25, -0.2) is 0 Å². The van der Waals surface area contributed by atoms with Crippen LogP contribution in [0.15, 0.2) is 24.3 Å². The van der Waals surface area contributed by atoms with Gasteiger partial charge in [0.25, 0.3) is 5.60 Å². The summed E-state index contributed by atoms with van der Waals surface area (Å²) in [5, 5.41) is 19.3.